The van der Waals surface area contributed by atoms with Crippen LogP contribution >= 0.6 is 0 Å². The highest BCUT2D eigenvalue weighted by molar-refractivity contribution is 5.80. The molecule has 52 valence electrons. The number of morpholine rings is 1. The van der Waals surface area contributed by atoms with Gasteiger partial charge in [-0.1, -0.05) is 0 Å². The van der Waals surface area contributed by atoms with E-state index in [9.17, 15) is 4.79 Å². The minimum atomic E-state index is -0.474. The molecule has 0 atom stereocenters. The van der Waals surface area contributed by atoms with Gasteiger partial charge in [-0.05, 0) is 13.8 Å². The van der Waals surface area contributed by atoms with Crippen LogP contribution in [0.15, 0.2) is 0 Å². The second kappa shape index (κ2) is 1.99. The number of carbonyl (C=O) groups is 1. The van der Waals surface area contributed by atoms with Gasteiger partial charge in [0.25, 0.3) is 0 Å². The van der Waals surface area contributed by atoms with E-state index in [1.165, 1.54) is 0 Å². The van der Waals surface area contributed by atoms with Crippen molar-refractivity contribution >= 4 is 5.97 Å². The molecular formula is C6H11NO2. The average Bonchev–Trinajstić information content (AvgIpc) is 1.77. The number of hydrogen-bond donors (Lipinski definition) is 1. The van der Waals surface area contributed by atoms with Gasteiger partial charge in [-0.2, -0.15) is 0 Å². The van der Waals surface area contributed by atoms with Gasteiger partial charge in [-0.3, -0.25) is 10.1 Å². The number of carbonyl (C=O) groups excluding carboxylic acids is 1. The zero-order chi connectivity index (χ0) is 6.91. The first-order valence-corrected chi connectivity index (χ1v) is 3.05. The largest absolute Gasteiger partial charge is 0.463 e. The summed E-state index contributed by atoms with van der Waals surface area (Å²) in [7, 11) is 0. The number of cyclic esters (lactones) is 1. The Morgan fingerprint density at radius 1 is 1.67 bits per heavy atom. The molecule has 1 saturated heterocycles. The summed E-state index contributed by atoms with van der Waals surface area (Å²) in [6.45, 7) is 4.89. The van der Waals surface area contributed by atoms with Crippen LogP contribution in [0.25, 0.3) is 0 Å². The van der Waals surface area contributed by atoms with Gasteiger partial charge in [0.05, 0.1) is 0 Å². The van der Waals surface area contributed by atoms with E-state index in [0.29, 0.717) is 6.61 Å². The zero-order valence-corrected chi connectivity index (χ0v) is 5.73. The Kier molecular flexibility index (Phi) is 1.45. The van der Waals surface area contributed by atoms with Crippen molar-refractivity contribution in [2.45, 2.75) is 19.4 Å². The Morgan fingerprint density at radius 2 is 2.33 bits per heavy atom. The minimum Gasteiger partial charge on any atom is -0.463 e. The van der Waals surface area contributed by atoms with Crippen molar-refractivity contribution in [3.63, 3.8) is 0 Å². The van der Waals surface area contributed by atoms with Crippen molar-refractivity contribution < 1.29 is 9.53 Å². The lowest BCUT2D eigenvalue weighted by Crippen LogP contribution is -2.53. The van der Waals surface area contributed by atoms with Gasteiger partial charge < -0.3 is 4.74 Å². The molecule has 0 unspecified atom stereocenters. The fraction of sp³-hybridized carbons (Fsp3) is 0.833. The van der Waals surface area contributed by atoms with Crippen molar-refractivity contribution in [1.29, 1.82) is 0 Å². The van der Waals surface area contributed by atoms with Crippen molar-refractivity contribution in [3.05, 3.63) is 0 Å². The van der Waals surface area contributed by atoms with Crippen molar-refractivity contribution in [2.75, 3.05) is 13.2 Å². The number of ether oxygens (including phenoxy) is 1. The van der Waals surface area contributed by atoms with Crippen LogP contribution in [-0.4, -0.2) is 24.7 Å². The molecule has 9 heavy (non-hydrogen) atoms. The topological polar surface area (TPSA) is 38.3 Å². The molecule has 3 heteroatoms. The van der Waals surface area contributed by atoms with E-state index in [1.54, 1.807) is 0 Å². The molecule has 0 amide bonds. The van der Waals surface area contributed by atoms with Crippen LogP contribution in [0.4, 0.5) is 0 Å². The summed E-state index contributed by atoms with van der Waals surface area (Å²) in [5, 5.41) is 3.03. The maximum atomic E-state index is 10.8. The Labute approximate surface area is 54.4 Å². The third kappa shape index (κ3) is 1.21. The lowest BCUT2D eigenvalue weighted by atomic mass is 10.1. The van der Waals surface area contributed by atoms with E-state index in [-0.39, 0.29) is 5.97 Å². The molecule has 1 fully saturated rings. The second-order valence-electron chi connectivity index (χ2n) is 2.69. The predicted molar refractivity (Wildman–Crippen MR) is 33.0 cm³/mol. The third-order valence-electron chi connectivity index (χ3n) is 1.41. The van der Waals surface area contributed by atoms with E-state index >= 15 is 0 Å². The summed E-state index contributed by atoms with van der Waals surface area (Å²) in [6, 6.07) is 0. The molecule has 0 aromatic carbocycles. The fourth-order valence-electron chi connectivity index (χ4n) is 0.760. The molecule has 3 nitrogen and oxygen atoms in total. The molecular weight excluding hydrogens is 118 g/mol. The number of esters is 1. The molecule has 0 aromatic heterocycles. The van der Waals surface area contributed by atoms with Gasteiger partial charge in [-0.25, -0.2) is 0 Å². The highest BCUT2D eigenvalue weighted by Gasteiger charge is 2.31. The molecule has 0 saturated carbocycles. The Balaban J connectivity index is 2.60. The van der Waals surface area contributed by atoms with Crippen LogP contribution < -0.4 is 5.32 Å². The molecule has 0 radical (unpaired) electrons. The maximum absolute atomic E-state index is 10.8. The highest BCUT2D eigenvalue weighted by atomic mass is 16.5. The smallest absolute Gasteiger partial charge is 0.325 e. The van der Waals surface area contributed by atoms with Crippen molar-refractivity contribution in [3.8, 4) is 0 Å². The third-order valence-corrected chi connectivity index (χ3v) is 1.41. The molecule has 0 spiro atoms. The first-order valence-electron chi connectivity index (χ1n) is 3.05. The number of rotatable bonds is 0. The Hall–Kier alpha value is -0.570. The molecule has 1 aliphatic heterocycles. The van der Waals surface area contributed by atoms with E-state index in [4.69, 9.17) is 4.74 Å². The molecule has 0 aromatic rings. The fourth-order valence-corrected chi connectivity index (χ4v) is 0.760. The van der Waals surface area contributed by atoms with Gasteiger partial charge in [0, 0.05) is 6.54 Å². The summed E-state index contributed by atoms with van der Waals surface area (Å²) in [4.78, 5) is 10.8. The lowest BCUT2D eigenvalue weighted by Gasteiger charge is -2.28. The second-order valence-corrected chi connectivity index (χ2v) is 2.69. The van der Waals surface area contributed by atoms with Crippen LogP contribution in [0.1, 0.15) is 13.8 Å². The maximum Gasteiger partial charge on any atom is 0.325 e. The first-order chi connectivity index (χ1) is 4.13. The molecule has 1 heterocycles. The summed E-state index contributed by atoms with van der Waals surface area (Å²) in [5.41, 5.74) is -0.474. The highest BCUT2D eigenvalue weighted by Crippen LogP contribution is 2.07. The van der Waals surface area contributed by atoms with Crippen LogP contribution in [0.5, 0.6) is 0 Å². The number of hydrogen-bond acceptors (Lipinski definition) is 3. The zero-order valence-electron chi connectivity index (χ0n) is 5.73. The van der Waals surface area contributed by atoms with E-state index in [2.05, 4.69) is 5.32 Å². The molecule has 0 aliphatic carbocycles. The van der Waals surface area contributed by atoms with Gasteiger partial charge in [0.15, 0.2) is 0 Å². The summed E-state index contributed by atoms with van der Waals surface area (Å²) in [6.07, 6.45) is 0. The molecule has 0 bridgehead atoms. The van der Waals surface area contributed by atoms with Crippen LogP contribution in [0, 0.1) is 0 Å². The first kappa shape index (κ1) is 6.55. The van der Waals surface area contributed by atoms with E-state index in [0.717, 1.165) is 6.54 Å². The van der Waals surface area contributed by atoms with Crippen LogP contribution in [0.3, 0.4) is 0 Å². The monoisotopic (exact) mass is 129 g/mol. The molecule has 1 N–H and O–H groups in total. The number of nitrogens with one attached hydrogen (secondary N) is 1. The van der Waals surface area contributed by atoms with Crippen molar-refractivity contribution in [1.82, 2.24) is 5.32 Å². The van der Waals surface area contributed by atoms with Crippen LogP contribution in [-0.2, 0) is 9.53 Å². The lowest BCUT2D eigenvalue weighted by molar-refractivity contribution is -0.154. The van der Waals surface area contributed by atoms with E-state index < -0.39 is 5.54 Å². The summed E-state index contributed by atoms with van der Waals surface area (Å²) >= 11 is 0. The Morgan fingerprint density at radius 3 is 2.67 bits per heavy atom. The Bertz CT molecular complexity index is 131. The standard InChI is InChI=1S/C6H11NO2/c1-6(2)5(8)9-4-3-7-6/h7H,3-4H2,1-2H3. The quantitative estimate of drug-likeness (QED) is 0.464. The average molecular weight is 129 g/mol. The van der Waals surface area contributed by atoms with Gasteiger partial charge in [0.2, 0.25) is 0 Å². The molecule has 1 aliphatic rings. The summed E-state index contributed by atoms with van der Waals surface area (Å²) < 4.78 is 4.79. The van der Waals surface area contributed by atoms with E-state index in [1.807, 2.05) is 13.8 Å². The normalized spacial score (nSPS) is 25.3. The van der Waals surface area contributed by atoms with Gasteiger partial charge in [0.1, 0.15) is 12.1 Å². The SMILES string of the molecule is CC1(C)NCCOC1=O. The van der Waals surface area contributed by atoms with Crippen molar-refractivity contribution in [2.24, 2.45) is 0 Å². The predicted octanol–water partition coefficient (Wildman–Crippen LogP) is -0.0886. The minimum absolute atomic E-state index is 0.159. The summed E-state index contributed by atoms with van der Waals surface area (Å²) in [5.74, 6) is -0.159. The van der Waals surface area contributed by atoms with Gasteiger partial charge in [-0.15, -0.1) is 0 Å². The van der Waals surface area contributed by atoms with Crippen LogP contribution in [0.2, 0.25) is 0 Å². The van der Waals surface area contributed by atoms with Gasteiger partial charge >= 0.3 is 5.97 Å². The molecule has 1 rings (SSSR count).